The van der Waals surface area contributed by atoms with Crippen molar-refractivity contribution in [2.24, 2.45) is 11.8 Å². The van der Waals surface area contributed by atoms with Crippen molar-refractivity contribution in [3.05, 3.63) is 29.6 Å². The fourth-order valence-electron chi connectivity index (χ4n) is 3.00. The molecule has 5 heteroatoms. The van der Waals surface area contributed by atoms with Gasteiger partial charge >= 0.3 is 0 Å². The van der Waals surface area contributed by atoms with Crippen LogP contribution >= 0.6 is 0 Å². The molecule has 1 aliphatic carbocycles. The second kappa shape index (κ2) is 7.41. The number of carbonyl (C=O) groups is 1. The Balaban J connectivity index is 2.01. The van der Waals surface area contributed by atoms with E-state index in [2.05, 4.69) is 5.32 Å². The summed E-state index contributed by atoms with van der Waals surface area (Å²) < 4.78 is 18.9. The van der Waals surface area contributed by atoms with Crippen LogP contribution in [0.3, 0.4) is 0 Å². The number of hydrogen-bond donors (Lipinski definition) is 2. The number of hydrogen-bond acceptors (Lipinski definition) is 3. The summed E-state index contributed by atoms with van der Waals surface area (Å²) in [5.41, 5.74) is -0.0589. The van der Waals surface area contributed by atoms with Gasteiger partial charge in [0.05, 0.1) is 7.11 Å². The van der Waals surface area contributed by atoms with E-state index in [0.717, 1.165) is 25.7 Å². The number of aliphatic hydroxyl groups excluding tert-OH is 1. The molecule has 1 aromatic rings. The Labute approximate surface area is 124 Å². The van der Waals surface area contributed by atoms with Gasteiger partial charge in [0.1, 0.15) is 17.1 Å². The molecule has 0 spiro atoms. The maximum Gasteiger partial charge on any atom is 0.258 e. The molecule has 0 aliphatic heterocycles. The van der Waals surface area contributed by atoms with Crippen LogP contribution < -0.4 is 10.1 Å². The number of benzene rings is 1. The molecule has 1 saturated carbocycles. The van der Waals surface area contributed by atoms with Crippen LogP contribution in [-0.4, -0.2) is 31.3 Å². The molecular formula is C16H22FNO3. The van der Waals surface area contributed by atoms with E-state index in [9.17, 15) is 14.3 Å². The maximum absolute atomic E-state index is 13.8. The predicted molar refractivity (Wildman–Crippen MR) is 77.8 cm³/mol. The van der Waals surface area contributed by atoms with Gasteiger partial charge in [-0.05, 0) is 36.8 Å². The molecule has 116 valence electrons. The minimum absolute atomic E-state index is 0.0589. The first-order valence-corrected chi connectivity index (χ1v) is 7.39. The quantitative estimate of drug-likeness (QED) is 0.876. The molecule has 2 N–H and O–H groups in total. The summed E-state index contributed by atoms with van der Waals surface area (Å²) in [4.78, 5) is 12.2. The van der Waals surface area contributed by atoms with Crippen LogP contribution in [0.2, 0.25) is 0 Å². The minimum atomic E-state index is -0.589. The number of methoxy groups -OCH3 is 1. The highest BCUT2D eigenvalue weighted by atomic mass is 19.1. The largest absolute Gasteiger partial charge is 0.496 e. The number of halogens is 1. The lowest BCUT2D eigenvalue weighted by molar-refractivity contribution is 0.0902. The molecule has 2 atom stereocenters. The molecule has 0 saturated heterocycles. The van der Waals surface area contributed by atoms with E-state index in [4.69, 9.17) is 4.74 Å². The van der Waals surface area contributed by atoms with Gasteiger partial charge in [-0.3, -0.25) is 4.79 Å². The van der Waals surface area contributed by atoms with E-state index in [0.29, 0.717) is 6.54 Å². The SMILES string of the molecule is COc1cccc(F)c1C(=O)NCC1CCCCC1CO. The van der Waals surface area contributed by atoms with Crippen molar-refractivity contribution in [3.63, 3.8) is 0 Å². The third-order valence-electron chi connectivity index (χ3n) is 4.25. The topological polar surface area (TPSA) is 58.6 Å². The van der Waals surface area contributed by atoms with Crippen molar-refractivity contribution in [1.82, 2.24) is 5.32 Å². The van der Waals surface area contributed by atoms with Crippen LogP contribution in [0.1, 0.15) is 36.0 Å². The van der Waals surface area contributed by atoms with Crippen LogP contribution in [0.25, 0.3) is 0 Å². The Morgan fingerprint density at radius 2 is 2.10 bits per heavy atom. The first kappa shape index (κ1) is 15.8. The molecule has 2 unspecified atom stereocenters. The van der Waals surface area contributed by atoms with Gasteiger partial charge in [0.2, 0.25) is 0 Å². The zero-order valence-corrected chi connectivity index (χ0v) is 12.3. The highest BCUT2D eigenvalue weighted by Crippen LogP contribution is 2.29. The van der Waals surface area contributed by atoms with Crippen LogP contribution in [0.4, 0.5) is 4.39 Å². The summed E-state index contributed by atoms with van der Waals surface area (Å²) in [6.07, 6.45) is 4.21. The number of amides is 1. The smallest absolute Gasteiger partial charge is 0.258 e. The molecular weight excluding hydrogens is 273 g/mol. The fraction of sp³-hybridized carbons (Fsp3) is 0.562. The lowest BCUT2D eigenvalue weighted by Crippen LogP contribution is -2.36. The van der Waals surface area contributed by atoms with Crippen LogP contribution in [0, 0.1) is 17.7 Å². The van der Waals surface area contributed by atoms with Crippen LogP contribution in [0.15, 0.2) is 18.2 Å². The number of ether oxygens (including phenoxy) is 1. The van der Waals surface area contributed by atoms with Crippen LogP contribution in [-0.2, 0) is 0 Å². The molecule has 2 rings (SSSR count). The van der Waals surface area contributed by atoms with Gasteiger partial charge in [0.25, 0.3) is 5.91 Å². The van der Waals surface area contributed by atoms with E-state index < -0.39 is 11.7 Å². The maximum atomic E-state index is 13.8. The van der Waals surface area contributed by atoms with Crippen molar-refractivity contribution in [3.8, 4) is 5.75 Å². The highest BCUT2D eigenvalue weighted by Gasteiger charge is 2.26. The summed E-state index contributed by atoms with van der Waals surface area (Å²) in [5.74, 6) is -0.344. The lowest BCUT2D eigenvalue weighted by atomic mass is 9.79. The first-order valence-electron chi connectivity index (χ1n) is 7.39. The molecule has 4 nitrogen and oxygen atoms in total. The molecule has 0 heterocycles. The minimum Gasteiger partial charge on any atom is -0.496 e. The average Bonchev–Trinajstić information content (AvgIpc) is 2.52. The number of aliphatic hydroxyl groups is 1. The molecule has 1 aromatic carbocycles. The van der Waals surface area contributed by atoms with Gasteiger partial charge in [-0.15, -0.1) is 0 Å². The van der Waals surface area contributed by atoms with Gasteiger partial charge in [-0.1, -0.05) is 18.9 Å². The zero-order valence-electron chi connectivity index (χ0n) is 12.3. The fourth-order valence-corrected chi connectivity index (χ4v) is 3.00. The molecule has 0 bridgehead atoms. The summed E-state index contributed by atoms with van der Waals surface area (Å²) in [6, 6.07) is 4.32. The van der Waals surface area contributed by atoms with Gasteiger partial charge < -0.3 is 15.2 Å². The number of rotatable bonds is 5. The Morgan fingerprint density at radius 3 is 2.76 bits per heavy atom. The van der Waals surface area contributed by atoms with Crippen molar-refractivity contribution in [1.29, 1.82) is 0 Å². The molecule has 1 aliphatic rings. The number of nitrogens with one attached hydrogen (secondary N) is 1. The van der Waals surface area contributed by atoms with Gasteiger partial charge in [-0.2, -0.15) is 0 Å². The second-order valence-electron chi connectivity index (χ2n) is 5.51. The Hall–Kier alpha value is -1.62. The van der Waals surface area contributed by atoms with Gasteiger partial charge in [0, 0.05) is 13.2 Å². The van der Waals surface area contributed by atoms with Crippen molar-refractivity contribution >= 4 is 5.91 Å². The first-order chi connectivity index (χ1) is 10.2. The predicted octanol–water partition coefficient (Wildman–Crippen LogP) is 2.36. The Morgan fingerprint density at radius 1 is 1.38 bits per heavy atom. The third kappa shape index (κ3) is 3.73. The van der Waals surface area contributed by atoms with Crippen molar-refractivity contribution in [2.45, 2.75) is 25.7 Å². The highest BCUT2D eigenvalue weighted by molar-refractivity contribution is 5.97. The van der Waals surface area contributed by atoms with Gasteiger partial charge in [0.15, 0.2) is 0 Å². The summed E-state index contributed by atoms with van der Waals surface area (Å²) in [5, 5.41) is 12.2. The summed E-state index contributed by atoms with van der Waals surface area (Å²) in [6.45, 7) is 0.602. The van der Waals surface area contributed by atoms with E-state index >= 15 is 0 Å². The lowest BCUT2D eigenvalue weighted by Gasteiger charge is -2.30. The summed E-state index contributed by atoms with van der Waals surface area (Å²) >= 11 is 0. The molecule has 1 fully saturated rings. The Kier molecular flexibility index (Phi) is 5.56. The summed E-state index contributed by atoms with van der Waals surface area (Å²) in [7, 11) is 1.41. The zero-order chi connectivity index (χ0) is 15.2. The van der Waals surface area contributed by atoms with E-state index in [-0.39, 0.29) is 29.8 Å². The molecule has 0 aromatic heterocycles. The third-order valence-corrected chi connectivity index (χ3v) is 4.25. The number of carbonyl (C=O) groups excluding carboxylic acids is 1. The molecule has 0 radical (unpaired) electrons. The standard InChI is InChI=1S/C16H22FNO3/c1-21-14-8-4-7-13(17)15(14)16(20)18-9-11-5-2-3-6-12(11)10-19/h4,7-8,11-12,19H,2-3,5-6,9-10H2,1H3,(H,18,20). The van der Waals surface area contributed by atoms with Crippen molar-refractivity contribution < 1.29 is 19.0 Å². The van der Waals surface area contributed by atoms with Crippen molar-refractivity contribution in [2.75, 3.05) is 20.3 Å². The Bertz CT molecular complexity index is 492. The molecule has 21 heavy (non-hydrogen) atoms. The van der Waals surface area contributed by atoms with E-state index in [1.807, 2.05) is 0 Å². The second-order valence-corrected chi connectivity index (χ2v) is 5.51. The van der Waals surface area contributed by atoms with E-state index in [1.54, 1.807) is 6.07 Å². The van der Waals surface area contributed by atoms with Gasteiger partial charge in [-0.25, -0.2) is 4.39 Å². The van der Waals surface area contributed by atoms with Crippen LogP contribution in [0.5, 0.6) is 5.75 Å². The normalized spacial score (nSPS) is 21.9. The average molecular weight is 295 g/mol. The molecule has 1 amide bonds. The van der Waals surface area contributed by atoms with E-state index in [1.165, 1.54) is 19.2 Å². The monoisotopic (exact) mass is 295 g/mol.